The highest BCUT2D eigenvalue weighted by atomic mass is 16.5. The van der Waals surface area contributed by atoms with E-state index < -0.39 is 0 Å². The molecule has 2 atom stereocenters. The second-order valence-corrected chi connectivity index (χ2v) is 5.23. The Bertz CT molecular complexity index is 628. The summed E-state index contributed by atoms with van der Waals surface area (Å²) >= 11 is 0. The summed E-state index contributed by atoms with van der Waals surface area (Å²) in [4.78, 5) is 0. The maximum absolute atomic E-state index is 6.10. The number of rotatable bonds is 3. The number of aromatic nitrogens is 4. The summed E-state index contributed by atoms with van der Waals surface area (Å²) in [5.41, 5.74) is 7.44. The molecule has 7 nitrogen and oxygen atoms in total. The lowest BCUT2D eigenvalue weighted by atomic mass is 10.0. The van der Waals surface area contributed by atoms with Gasteiger partial charge in [-0.15, -0.1) is 5.10 Å². The molecule has 1 aliphatic heterocycles. The highest BCUT2D eigenvalue weighted by Crippen LogP contribution is 2.36. The van der Waals surface area contributed by atoms with Gasteiger partial charge in [0.25, 0.3) is 0 Å². The van der Waals surface area contributed by atoms with Gasteiger partial charge >= 0.3 is 0 Å². The zero-order valence-corrected chi connectivity index (χ0v) is 12.2. The molecule has 0 bridgehead atoms. The van der Waals surface area contributed by atoms with Crippen molar-refractivity contribution in [1.82, 2.24) is 20.2 Å². The molecular weight excluding hydrogens is 270 g/mol. The van der Waals surface area contributed by atoms with E-state index in [0.717, 1.165) is 18.4 Å². The first kappa shape index (κ1) is 13.8. The fraction of sp³-hybridized carbons (Fsp3) is 0.500. The van der Waals surface area contributed by atoms with Gasteiger partial charge in [-0.1, -0.05) is 6.07 Å². The number of benzene rings is 1. The normalized spacial score (nSPS) is 22.2. The number of nitrogens with zero attached hydrogens (tertiary/aromatic N) is 4. The van der Waals surface area contributed by atoms with Crippen molar-refractivity contribution in [2.45, 2.75) is 31.9 Å². The molecule has 0 saturated carbocycles. The van der Waals surface area contributed by atoms with Gasteiger partial charge < -0.3 is 15.2 Å². The molecule has 1 aliphatic rings. The molecule has 0 spiro atoms. The molecule has 112 valence electrons. The molecule has 0 radical (unpaired) electrons. The van der Waals surface area contributed by atoms with E-state index in [0.29, 0.717) is 23.9 Å². The highest BCUT2D eigenvalue weighted by Gasteiger charge is 2.26. The zero-order valence-electron chi connectivity index (χ0n) is 12.2. The summed E-state index contributed by atoms with van der Waals surface area (Å²) in [6.07, 6.45) is 1.97. The van der Waals surface area contributed by atoms with E-state index in [1.54, 1.807) is 7.11 Å². The van der Waals surface area contributed by atoms with Crippen LogP contribution >= 0.6 is 0 Å². The Labute approximate surface area is 123 Å². The number of nitrogen functional groups attached to an aromatic ring is 1. The molecule has 0 amide bonds. The third-order valence-corrected chi connectivity index (χ3v) is 3.80. The Morgan fingerprint density at radius 3 is 3.05 bits per heavy atom. The maximum atomic E-state index is 6.10. The van der Waals surface area contributed by atoms with Crippen LogP contribution in [0.15, 0.2) is 18.2 Å². The first-order valence-electron chi connectivity index (χ1n) is 7.03. The van der Waals surface area contributed by atoms with E-state index in [1.165, 1.54) is 0 Å². The monoisotopic (exact) mass is 289 g/mol. The molecule has 2 aromatic rings. The van der Waals surface area contributed by atoms with Crippen LogP contribution in [0.1, 0.15) is 25.8 Å². The molecule has 3 rings (SSSR count). The number of anilines is 1. The molecule has 1 saturated heterocycles. The number of hydrogen-bond donors (Lipinski definition) is 1. The molecular formula is C14H19N5O2. The van der Waals surface area contributed by atoms with Crippen LogP contribution in [0.4, 0.5) is 5.69 Å². The summed E-state index contributed by atoms with van der Waals surface area (Å²) in [6, 6.07) is 5.74. The number of tetrazole rings is 1. The average Bonchev–Trinajstić information content (AvgIpc) is 2.96. The summed E-state index contributed by atoms with van der Waals surface area (Å²) < 4.78 is 12.8. The largest absolute Gasteiger partial charge is 0.496 e. The first-order chi connectivity index (χ1) is 10.2. The Balaban J connectivity index is 2.03. The van der Waals surface area contributed by atoms with E-state index in [4.69, 9.17) is 15.2 Å². The van der Waals surface area contributed by atoms with Crippen LogP contribution in [0.2, 0.25) is 0 Å². The smallest absolute Gasteiger partial charge is 0.188 e. The van der Waals surface area contributed by atoms with Crippen LogP contribution < -0.4 is 10.5 Å². The van der Waals surface area contributed by atoms with Crippen molar-refractivity contribution < 1.29 is 9.47 Å². The molecule has 1 aromatic carbocycles. The molecule has 7 heteroatoms. The van der Waals surface area contributed by atoms with E-state index in [2.05, 4.69) is 22.4 Å². The van der Waals surface area contributed by atoms with Crippen molar-refractivity contribution in [2.75, 3.05) is 19.5 Å². The predicted octanol–water partition coefficient (Wildman–Crippen LogP) is 1.67. The van der Waals surface area contributed by atoms with Gasteiger partial charge in [-0.05, 0) is 42.3 Å². The minimum absolute atomic E-state index is 0.204. The van der Waals surface area contributed by atoms with E-state index in [1.807, 2.05) is 22.9 Å². The fourth-order valence-corrected chi connectivity index (χ4v) is 2.76. The van der Waals surface area contributed by atoms with Crippen molar-refractivity contribution in [2.24, 2.45) is 0 Å². The van der Waals surface area contributed by atoms with Crippen LogP contribution in [0.5, 0.6) is 5.75 Å². The number of ether oxygens (including phenoxy) is 2. The van der Waals surface area contributed by atoms with Gasteiger partial charge in [0.05, 0.1) is 24.8 Å². The SMILES string of the molecule is COc1cccc(N)c1-c1nnnn1C1CCOC(C)C1. The summed E-state index contributed by atoms with van der Waals surface area (Å²) in [7, 11) is 1.61. The van der Waals surface area contributed by atoms with Crippen molar-refractivity contribution in [3.8, 4) is 17.1 Å². The zero-order chi connectivity index (χ0) is 14.8. The highest BCUT2D eigenvalue weighted by molar-refractivity contribution is 5.77. The minimum atomic E-state index is 0.204. The Morgan fingerprint density at radius 2 is 2.29 bits per heavy atom. The summed E-state index contributed by atoms with van der Waals surface area (Å²) in [5, 5.41) is 12.1. The second-order valence-electron chi connectivity index (χ2n) is 5.23. The van der Waals surface area contributed by atoms with E-state index >= 15 is 0 Å². The third-order valence-electron chi connectivity index (χ3n) is 3.80. The van der Waals surface area contributed by atoms with Crippen LogP contribution in [-0.4, -0.2) is 40.0 Å². The van der Waals surface area contributed by atoms with Gasteiger partial charge in [-0.25, -0.2) is 4.68 Å². The maximum Gasteiger partial charge on any atom is 0.188 e. The van der Waals surface area contributed by atoms with Gasteiger partial charge in [0.2, 0.25) is 0 Å². The lowest BCUT2D eigenvalue weighted by Gasteiger charge is -2.27. The third kappa shape index (κ3) is 2.56. The van der Waals surface area contributed by atoms with Crippen molar-refractivity contribution in [3.63, 3.8) is 0 Å². The number of nitrogens with two attached hydrogens (primary N) is 1. The van der Waals surface area contributed by atoms with Crippen LogP contribution in [-0.2, 0) is 4.74 Å². The van der Waals surface area contributed by atoms with Crippen LogP contribution in [0, 0.1) is 0 Å². The van der Waals surface area contributed by atoms with Gasteiger partial charge in [0.15, 0.2) is 5.82 Å². The quantitative estimate of drug-likeness (QED) is 0.865. The van der Waals surface area contributed by atoms with E-state index in [-0.39, 0.29) is 12.1 Å². The van der Waals surface area contributed by atoms with Crippen molar-refractivity contribution in [1.29, 1.82) is 0 Å². The fourth-order valence-electron chi connectivity index (χ4n) is 2.76. The summed E-state index contributed by atoms with van der Waals surface area (Å²) in [5.74, 6) is 1.32. The lowest BCUT2D eigenvalue weighted by molar-refractivity contribution is 0.00350. The van der Waals surface area contributed by atoms with Gasteiger partial charge in [-0.3, -0.25) is 0 Å². The number of hydrogen-bond acceptors (Lipinski definition) is 6. The molecule has 0 aliphatic carbocycles. The van der Waals surface area contributed by atoms with Gasteiger partial charge in [-0.2, -0.15) is 0 Å². The standard InChI is InChI=1S/C14H19N5O2/c1-9-8-10(6-7-21-9)19-14(16-17-18-19)13-11(15)4-3-5-12(13)20-2/h3-5,9-10H,6-8,15H2,1-2H3. The van der Waals surface area contributed by atoms with E-state index in [9.17, 15) is 0 Å². The molecule has 2 N–H and O–H groups in total. The lowest BCUT2D eigenvalue weighted by Crippen LogP contribution is -2.26. The summed E-state index contributed by atoms with van der Waals surface area (Å²) in [6.45, 7) is 2.78. The Hall–Kier alpha value is -2.15. The van der Waals surface area contributed by atoms with Crippen LogP contribution in [0.25, 0.3) is 11.4 Å². The van der Waals surface area contributed by atoms with Crippen molar-refractivity contribution >= 4 is 5.69 Å². The molecule has 2 heterocycles. The molecule has 21 heavy (non-hydrogen) atoms. The van der Waals surface area contributed by atoms with Gasteiger partial charge in [0, 0.05) is 12.3 Å². The average molecular weight is 289 g/mol. The number of methoxy groups -OCH3 is 1. The van der Waals surface area contributed by atoms with Gasteiger partial charge in [0.1, 0.15) is 5.75 Å². The second kappa shape index (κ2) is 5.69. The first-order valence-corrected chi connectivity index (χ1v) is 7.03. The predicted molar refractivity (Wildman–Crippen MR) is 77.9 cm³/mol. The molecule has 1 aromatic heterocycles. The Morgan fingerprint density at radius 1 is 1.43 bits per heavy atom. The Kier molecular flexibility index (Phi) is 3.74. The minimum Gasteiger partial charge on any atom is -0.496 e. The topological polar surface area (TPSA) is 88.1 Å². The molecule has 2 unspecified atom stereocenters. The van der Waals surface area contributed by atoms with Crippen LogP contribution in [0.3, 0.4) is 0 Å². The molecule has 1 fully saturated rings. The van der Waals surface area contributed by atoms with Crippen molar-refractivity contribution in [3.05, 3.63) is 18.2 Å².